The van der Waals surface area contributed by atoms with Crippen molar-refractivity contribution in [2.45, 2.75) is 18.8 Å². The fraction of sp³-hybridized carbons (Fsp3) is 0.280. The maximum Gasteiger partial charge on any atom is 0.246 e. The molecule has 0 bridgehead atoms. The van der Waals surface area contributed by atoms with Crippen LogP contribution in [-0.2, 0) is 4.79 Å². The Kier molecular flexibility index (Phi) is 8.04. The molecule has 1 aromatic heterocycles. The molecule has 0 aliphatic carbocycles. The molecule has 0 spiro atoms. The summed E-state index contributed by atoms with van der Waals surface area (Å²) in [6.07, 6.45) is 5.00. The zero-order valence-corrected chi connectivity index (χ0v) is 21.8. The second-order valence-corrected chi connectivity index (χ2v) is 9.92. The van der Waals surface area contributed by atoms with Crippen LogP contribution in [0.2, 0.25) is 15.1 Å². The van der Waals surface area contributed by atoms with Crippen LogP contribution in [0.4, 0.5) is 0 Å². The molecule has 0 N–H and O–H groups in total. The molecule has 0 radical (unpaired) electrons. The Balaban J connectivity index is 1.37. The summed E-state index contributed by atoms with van der Waals surface area (Å²) in [6.45, 7) is 1.35. The van der Waals surface area contributed by atoms with E-state index in [9.17, 15) is 4.79 Å². The third-order valence-corrected chi connectivity index (χ3v) is 7.95. The molecule has 1 saturated heterocycles. The molecule has 0 unspecified atom stereocenters. The van der Waals surface area contributed by atoms with Crippen molar-refractivity contribution in [3.05, 3.63) is 67.4 Å². The van der Waals surface area contributed by atoms with Gasteiger partial charge in [-0.3, -0.25) is 4.79 Å². The molecule has 2 heterocycles. The van der Waals surface area contributed by atoms with Crippen molar-refractivity contribution in [1.29, 1.82) is 0 Å². The van der Waals surface area contributed by atoms with Crippen LogP contribution >= 0.6 is 46.1 Å². The first kappa shape index (κ1) is 24.9. The summed E-state index contributed by atoms with van der Waals surface area (Å²) in [5.41, 5.74) is 2.54. The van der Waals surface area contributed by atoms with E-state index in [0.29, 0.717) is 51.1 Å². The number of carbonyl (C=O) groups is 1. The predicted octanol–water partition coefficient (Wildman–Crippen LogP) is 7.21. The summed E-state index contributed by atoms with van der Waals surface area (Å²) >= 11 is 20.2. The second-order valence-electron chi connectivity index (χ2n) is 7.84. The minimum Gasteiger partial charge on any atom is -0.493 e. The van der Waals surface area contributed by atoms with Gasteiger partial charge in [0.25, 0.3) is 0 Å². The summed E-state index contributed by atoms with van der Waals surface area (Å²) in [6, 6.07) is 9.10. The number of aromatic nitrogens is 1. The lowest BCUT2D eigenvalue weighted by Crippen LogP contribution is -2.36. The highest BCUT2D eigenvalue weighted by atomic mass is 35.5. The normalized spacial score (nSPS) is 14.6. The first-order valence-electron chi connectivity index (χ1n) is 10.7. The molecule has 4 rings (SSSR count). The Morgan fingerprint density at radius 1 is 1.09 bits per heavy atom. The number of ether oxygens (including phenoxy) is 2. The molecule has 1 amide bonds. The van der Waals surface area contributed by atoms with E-state index in [1.165, 1.54) is 7.11 Å². The van der Waals surface area contributed by atoms with E-state index in [1.807, 2.05) is 22.4 Å². The lowest BCUT2D eigenvalue weighted by molar-refractivity contribution is -0.126. The zero-order valence-electron chi connectivity index (χ0n) is 18.7. The Labute approximate surface area is 217 Å². The molecule has 3 aromatic rings. The third kappa shape index (κ3) is 5.36. The summed E-state index contributed by atoms with van der Waals surface area (Å²) < 4.78 is 10.6. The van der Waals surface area contributed by atoms with Crippen molar-refractivity contribution in [2.24, 2.45) is 0 Å². The van der Waals surface area contributed by atoms with E-state index < -0.39 is 0 Å². The molecule has 1 fully saturated rings. The topological polar surface area (TPSA) is 51.7 Å². The van der Waals surface area contributed by atoms with Gasteiger partial charge in [0.15, 0.2) is 11.5 Å². The summed E-state index contributed by atoms with van der Waals surface area (Å²) in [5.74, 6) is 1.28. The number of amides is 1. The van der Waals surface area contributed by atoms with Gasteiger partial charge >= 0.3 is 0 Å². The van der Waals surface area contributed by atoms with Gasteiger partial charge in [-0.1, -0.05) is 40.9 Å². The average Bonchev–Trinajstić information content (AvgIpc) is 3.35. The highest BCUT2D eigenvalue weighted by Gasteiger charge is 2.25. The zero-order chi connectivity index (χ0) is 24.2. The molecule has 34 heavy (non-hydrogen) atoms. The second kappa shape index (κ2) is 11.0. The van der Waals surface area contributed by atoms with Crippen LogP contribution in [0.15, 0.2) is 41.8 Å². The number of halogens is 3. The van der Waals surface area contributed by atoms with Gasteiger partial charge in [0.05, 0.1) is 40.0 Å². The van der Waals surface area contributed by atoms with Gasteiger partial charge in [-0.05, 0) is 48.7 Å². The van der Waals surface area contributed by atoms with E-state index in [1.54, 1.807) is 48.8 Å². The number of piperidine rings is 1. The van der Waals surface area contributed by atoms with Gasteiger partial charge in [-0.25, -0.2) is 4.98 Å². The molecule has 5 nitrogen and oxygen atoms in total. The number of methoxy groups -OCH3 is 2. The number of rotatable bonds is 6. The van der Waals surface area contributed by atoms with E-state index in [4.69, 9.17) is 49.3 Å². The number of carbonyl (C=O) groups excluding carboxylic acids is 1. The van der Waals surface area contributed by atoms with E-state index >= 15 is 0 Å². The third-order valence-electron chi connectivity index (χ3n) is 5.81. The molecule has 9 heteroatoms. The van der Waals surface area contributed by atoms with E-state index in [-0.39, 0.29) is 5.91 Å². The number of benzene rings is 2. The average molecular weight is 538 g/mol. The number of nitrogens with zero attached hydrogens (tertiary/aromatic N) is 2. The largest absolute Gasteiger partial charge is 0.493 e. The fourth-order valence-corrected chi connectivity index (χ4v) is 5.50. The Hall–Kier alpha value is -2.25. The molecule has 178 valence electrons. The van der Waals surface area contributed by atoms with Gasteiger partial charge in [0, 0.05) is 36.0 Å². The monoisotopic (exact) mass is 536 g/mol. The van der Waals surface area contributed by atoms with Crippen LogP contribution in [0.3, 0.4) is 0 Å². The molecule has 0 saturated carbocycles. The first-order valence-corrected chi connectivity index (χ1v) is 12.7. The SMILES string of the molecule is COc1ccc(/C=C/C(=O)N2CCC(c3nc(-c4ccc(Cl)c(Cl)c4)cs3)CC2)c(Cl)c1OC. The molecule has 1 aliphatic rings. The molecular weight excluding hydrogens is 515 g/mol. The predicted molar refractivity (Wildman–Crippen MR) is 140 cm³/mol. The van der Waals surface area contributed by atoms with Crippen LogP contribution in [0.25, 0.3) is 17.3 Å². The number of likely N-dealkylation sites (tertiary alicyclic amines) is 1. The van der Waals surface area contributed by atoms with Gasteiger partial charge < -0.3 is 14.4 Å². The van der Waals surface area contributed by atoms with Gasteiger partial charge in [0.1, 0.15) is 0 Å². The van der Waals surface area contributed by atoms with Crippen molar-refractivity contribution >= 4 is 58.1 Å². The van der Waals surface area contributed by atoms with Crippen molar-refractivity contribution in [3.8, 4) is 22.8 Å². The summed E-state index contributed by atoms with van der Waals surface area (Å²) in [4.78, 5) is 19.4. The minimum absolute atomic E-state index is 0.0417. The number of hydrogen-bond donors (Lipinski definition) is 0. The summed E-state index contributed by atoms with van der Waals surface area (Å²) in [7, 11) is 3.08. The molecule has 2 aromatic carbocycles. The maximum atomic E-state index is 12.8. The highest BCUT2D eigenvalue weighted by molar-refractivity contribution is 7.10. The number of hydrogen-bond acceptors (Lipinski definition) is 5. The van der Waals surface area contributed by atoms with Crippen molar-refractivity contribution in [2.75, 3.05) is 27.3 Å². The Morgan fingerprint density at radius 3 is 2.53 bits per heavy atom. The molecule has 1 aliphatic heterocycles. The smallest absolute Gasteiger partial charge is 0.246 e. The summed E-state index contributed by atoms with van der Waals surface area (Å²) in [5, 5.41) is 4.58. The van der Waals surface area contributed by atoms with Crippen molar-refractivity contribution in [3.63, 3.8) is 0 Å². The molecule has 0 atom stereocenters. The van der Waals surface area contributed by atoms with Crippen LogP contribution in [0, 0.1) is 0 Å². The van der Waals surface area contributed by atoms with Gasteiger partial charge in [-0.15, -0.1) is 11.3 Å². The van der Waals surface area contributed by atoms with Crippen molar-refractivity contribution in [1.82, 2.24) is 9.88 Å². The molecular formula is C25H23Cl3N2O3S. The number of thiazole rings is 1. The van der Waals surface area contributed by atoms with E-state index in [2.05, 4.69) is 0 Å². The van der Waals surface area contributed by atoms with Gasteiger partial charge in [-0.2, -0.15) is 0 Å². The van der Waals surface area contributed by atoms with Crippen LogP contribution in [-0.4, -0.2) is 43.1 Å². The minimum atomic E-state index is -0.0417. The van der Waals surface area contributed by atoms with Crippen LogP contribution < -0.4 is 9.47 Å². The van der Waals surface area contributed by atoms with E-state index in [0.717, 1.165) is 29.1 Å². The van der Waals surface area contributed by atoms with Crippen LogP contribution in [0.1, 0.15) is 29.3 Å². The van der Waals surface area contributed by atoms with Crippen molar-refractivity contribution < 1.29 is 14.3 Å². The maximum absolute atomic E-state index is 12.8. The quantitative estimate of drug-likeness (QED) is 0.312. The lowest BCUT2D eigenvalue weighted by atomic mass is 9.97. The highest BCUT2D eigenvalue weighted by Crippen LogP contribution is 2.38. The Bertz CT molecular complexity index is 1220. The lowest BCUT2D eigenvalue weighted by Gasteiger charge is -2.30. The standard InChI is InChI=1S/C25H23Cl3N2O3S/c1-32-21-7-4-15(23(28)24(21)33-2)5-8-22(31)30-11-9-16(10-12-30)25-29-20(14-34-25)17-3-6-18(26)19(27)13-17/h3-8,13-14,16H,9-12H2,1-2H3/b8-5+. The Morgan fingerprint density at radius 2 is 1.85 bits per heavy atom. The van der Waals surface area contributed by atoms with Gasteiger partial charge in [0.2, 0.25) is 5.91 Å². The first-order chi connectivity index (χ1) is 16.4. The fourth-order valence-electron chi connectivity index (χ4n) is 3.91. The van der Waals surface area contributed by atoms with Crippen LogP contribution in [0.5, 0.6) is 11.5 Å².